The highest BCUT2D eigenvalue weighted by Gasteiger charge is 2.12. The molecule has 1 rings (SSSR count). The van der Waals surface area contributed by atoms with Crippen LogP contribution < -0.4 is 0 Å². The van der Waals surface area contributed by atoms with Crippen molar-refractivity contribution in [1.29, 1.82) is 0 Å². The lowest BCUT2D eigenvalue weighted by Crippen LogP contribution is -2.07. The van der Waals surface area contributed by atoms with Crippen LogP contribution >= 0.6 is 31.9 Å². The number of benzene rings is 1. The molecule has 0 amide bonds. The van der Waals surface area contributed by atoms with Crippen LogP contribution in [0.2, 0.25) is 0 Å². The highest BCUT2D eigenvalue weighted by Crippen LogP contribution is 2.21. The molecule has 0 fully saturated rings. The van der Waals surface area contributed by atoms with Crippen molar-refractivity contribution in [2.45, 2.75) is 26.2 Å². The molecule has 86 valence electrons. The summed E-state index contributed by atoms with van der Waals surface area (Å²) in [5, 5.41) is 0. The van der Waals surface area contributed by atoms with Crippen LogP contribution in [0.5, 0.6) is 0 Å². The molecule has 0 unspecified atom stereocenters. The van der Waals surface area contributed by atoms with Crippen LogP contribution in [-0.4, -0.2) is 11.6 Å². The molecule has 0 aliphatic rings. The number of hydrogen-bond acceptors (Lipinski definition) is 2. The SMILES string of the molecule is CCCC(=O)CC(=O)c1cc(Br)cc(Br)c1. The van der Waals surface area contributed by atoms with E-state index < -0.39 is 0 Å². The molecule has 0 radical (unpaired) electrons. The third-order valence-electron chi connectivity index (χ3n) is 2.07. The number of carbonyl (C=O) groups is 2. The van der Waals surface area contributed by atoms with E-state index in [0.29, 0.717) is 12.0 Å². The molecule has 1 aromatic rings. The van der Waals surface area contributed by atoms with E-state index in [1.165, 1.54) is 0 Å². The Balaban J connectivity index is 2.76. The summed E-state index contributed by atoms with van der Waals surface area (Å²) in [4.78, 5) is 23.1. The van der Waals surface area contributed by atoms with E-state index in [2.05, 4.69) is 31.9 Å². The molecule has 2 nitrogen and oxygen atoms in total. The molecule has 0 saturated carbocycles. The maximum Gasteiger partial charge on any atom is 0.170 e. The normalized spacial score (nSPS) is 10.2. The van der Waals surface area contributed by atoms with E-state index in [1.54, 1.807) is 12.1 Å². The maximum absolute atomic E-state index is 11.8. The second-order valence-corrected chi connectivity index (χ2v) is 5.38. The first-order chi connectivity index (χ1) is 7.52. The molecular weight excluding hydrogens is 336 g/mol. The molecule has 0 heterocycles. The number of ketones is 2. The Labute approximate surface area is 112 Å². The smallest absolute Gasteiger partial charge is 0.170 e. The number of carbonyl (C=O) groups excluding carboxylic acids is 2. The highest BCUT2D eigenvalue weighted by atomic mass is 79.9. The second-order valence-electron chi connectivity index (χ2n) is 3.55. The molecule has 0 bridgehead atoms. The van der Waals surface area contributed by atoms with Crippen LogP contribution in [0.3, 0.4) is 0 Å². The number of hydrogen-bond donors (Lipinski definition) is 0. The van der Waals surface area contributed by atoms with E-state index in [4.69, 9.17) is 0 Å². The fourth-order valence-corrected chi connectivity index (χ4v) is 2.66. The maximum atomic E-state index is 11.8. The molecule has 0 saturated heterocycles. The lowest BCUT2D eigenvalue weighted by molar-refractivity contribution is -0.118. The van der Waals surface area contributed by atoms with E-state index in [-0.39, 0.29) is 18.0 Å². The summed E-state index contributed by atoms with van der Waals surface area (Å²) in [6, 6.07) is 5.31. The Bertz CT molecular complexity index is 393. The summed E-state index contributed by atoms with van der Waals surface area (Å²) in [6.45, 7) is 1.93. The van der Waals surface area contributed by atoms with Crippen LogP contribution in [0.25, 0.3) is 0 Å². The zero-order valence-corrected chi connectivity index (χ0v) is 12.1. The lowest BCUT2D eigenvalue weighted by atomic mass is 10.0. The summed E-state index contributed by atoms with van der Waals surface area (Å²) in [5.41, 5.74) is 0.561. The fourth-order valence-electron chi connectivity index (χ4n) is 1.36. The van der Waals surface area contributed by atoms with Crippen molar-refractivity contribution in [3.05, 3.63) is 32.7 Å². The molecule has 0 aliphatic carbocycles. The zero-order valence-electron chi connectivity index (χ0n) is 8.93. The molecule has 0 atom stereocenters. The number of halogens is 2. The van der Waals surface area contributed by atoms with E-state index in [9.17, 15) is 9.59 Å². The van der Waals surface area contributed by atoms with Crippen molar-refractivity contribution in [1.82, 2.24) is 0 Å². The molecule has 1 aromatic carbocycles. The fraction of sp³-hybridized carbons (Fsp3) is 0.333. The topological polar surface area (TPSA) is 34.1 Å². The first-order valence-electron chi connectivity index (χ1n) is 5.04. The standard InChI is InChI=1S/C12H12Br2O2/c1-2-3-11(15)7-12(16)8-4-9(13)6-10(14)5-8/h4-6H,2-3,7H2,1H3. The minimum atomic E-state index is -0.125. The van der Waals surface area contributed by atoms with Gasteiger partial charge in [0.05, 0.1) is 6.42 Å². The Hall–Kier alpha value is -0.480. The first kappa shape index (κ1) is 13.6. The minimum Gasteiger partial charge on any atom is -0.299 e. The zero-order chi connectivity index (χ0) is 12.1. The van der Waals surface area contributed by atoms with Gasteiger partial charge in [0.1, 0.15) is 5.78 Å². The predicted molar refractivity (Wildman–Crippen MR) is 70.7 cm³/mol. The number of Topliss-reactive ketones (excluding diaryl/α,β-unsaturated/α-hetero) is 2. The van der Waals surface area contributed by atoms with Gasteiger partial charge in [-0.2, -0.15) is 0 Å². The highest BCUT2D eigenvalue weighted by molar-refractivity contribution is 9.11. The van der Waals surface area contributed by atoms with E-state index in [1.807, 2.05) is 13.0 Å². The molecule has 0 N–H and O–H groups in total. The third kappa shape index (κ3) is 4.18. The van der Waals surface area contributed by atoms with Crippen molar-refractivity contribution < 1.29 is 9.59 Å². The lowest BCUT2D eigenvalue weighted by Gasteiger charge is -2.02. The van der Waals surface area contributed by atoms with Crippen molar-refractivity contribution in [2.75, 3.05) is 0 Å². The molecular formula is C12H12Br2O2. The molecule has 0 spiro atoms. The molecule has 0 aliphatic heterocycles. The van der Waals surface area contributed by atoms with Gasteiger partial charge in [0, 0.05) is 20.9 Å². The van der Waals surface area contributed by atoms with Gasteiger partial charge < -0.3 is 0 Å². The molecule has 4 heteroatoms. The van der Waals surface area contributed by atoms with Gasteiger partial charge >= 0.3 is 0 Å². The van der Waals surface area contributed by atoms with Crippen molar-refractivity contribution in [2.24, 2.45) is 0 Å². The summed E-state index contributed by atoms with van der Waals surface area (Å²) >= 11 is 6.62. The van der Waals surface area contributed by atoms with Gasteiger partial charge in [-0.25, -0.2) is 0 Å². The summed E-state index contributed by atoms with van der Waals surface area (Å²) in [6.07, 6.45) is 1.26. The van der Waals surface area contributed by atoms with E-state index >= 15 is 0 Å². The summed E-state index contributed by atoms with van der Waals surface area (Å²) in [5.74, 6) is -0.121. The Kier molecular flexibility index (Phi) is 5.35. The summed E-state index contributed by atoms with van der Waals surface area (Å²) in [7, 11) is 0. The monoisotopic (exact) mass is 346 g/mol. The summed E-state index contributed by atoms with van der Waals surface area (Å²) < 4.78 is 1.65. The van der Waals surface area contributed by atoms with Crippen molar-refractivity contribution in [3.63, 3.8) is 0 Å². The van der Waals surface area contributed by atoms with Crippen LogP contribution in [0.4, 0.5) is 0 Å². The van der Waals surface area contributed by atoms with Crippen LogP contribution in [0.1, 0.15) is 36.5 Å². The van der Waals surface area contributed by atoms with Crippen LogP contribution in [0, 0.1) is 0 Å². The van der Waals surface area contributed by atoms with Gasteiger partial charge in [0.25, 0.3) is 0 Å². The van der Waals surface area contributed by atoms with Gasteiger partial charge in [-0.05, 0) is 24.6 Å². The van der Waals surface area contributed by atoms with Crippen LogP contribution in [0.15, 0.2) is 27.1 Å². The Morgan fingerprint density at radius 3 is 2.19 bits per heavy atom. The van der Waals surface area contributed by atoms with Gasteiger partial charge in [0.15, 0.2) is 5.78 Å². The Morgan fingerprint density at radius 1 is 1.12 bits per heavy atom. The number of rotatable bonds is 5. The van der Waals surface area contributed by atoms with Gasteiger partial charge in [0.2, 0.25) is 0 Å². The third-order valence-corrected chi connectivity index (χ3v) is 2.99. The van der Waals surface area contributed by atoms with Gasteiger partial charge in [-0.15, -0.1) is 0 Å². The second kappa shape index (κ2) is 6.30. The van der Waals surface area contributed by atoms with Gasteiger partial charge in [-0.3, -0.25) is 9.59 Å². The average molecular weight is 348 g/mol. The van der Waals surface area contributed by atoms with Crippen molar-refractivity contribution in [3.8, 4) is 0 Å². The first-order valence-corrected chi connectivity index (χ1v) is 6.62. The Morgan fingerprint density at radius 2 is 1.69 bits per heavy atom. The predicted octanol–water partition coefficient (Wildman–Crippen LogP) is 4.15. The minimum absolute atomic E-state index is 0.00324. The van der Waals surface area contributed by atoms with E-state index in [0.717, 1.165) is 15.4 Å². The molecule has 16 heavy (non-hydrogen) atoms. The van der Waals surface area contributed by atoms with Crippen molar-refractivity contribution >= 4 is 43.4 Å². The largest absolute Gasteiger partial charge is 0.299 e. The molecule has 0 aromatic heterocycles. The quantitative estimate of drug-likeness (QED) is 0.592. The van der Waals surface area contributed by atoms with Crippen LogP contribution in [-0.2, 0) is 4.79 Å². The average Bonchev–Trinajstić information content (AvgIpc) is 2.16. The van der Waals surface area contributed by atoms with Gasteiger partial charge in [-0.1, -0.05) is 38.8 Å².